The number of rotatable bonds is 15. The number of aromatic amines is 1. The number of aliphatic carboxylic acids is 1. The number of nitrogens with two attached hydrogens (primary N) is 2. The Hall–Kier alpha value is -3.97. The molecule has 13 nitrogen and oxygen atoms in total. The van der Waals surface area contributed by atoms with Crippen LogP contribution < -0.4 is 32.7 Å². The summed E-state index contributed by atoms with van der Waals surface area (Å²) in [4.78, 5) is 65.9. The lowest BCUT2D eigenvalue weighted by atomic mass is 10.0. The molecule has 4 amide bonds. The molecule has 0 spiro atoms. The maximum atomic E-state index is 13.5. The van der Waals surface area contributed by atoms with E-state index >= 15 is 0 Å². The number of carbonyl (C=O) groups excluding carboxylic acids is 4. The summed E-state index contributed by atoms with van der Waals surface area (Å²) in [6.07, 6.45) is 3.93. The number of fused-ring (bicyclic) bond motifs is 1. The van der Waals surface area contributed by atoms with Gasteiger partial charge in [-0.25, -0.2) is 4.79 Å². The number of H-pyrrole nitrogens is 1. The minimum absolute atomic E-state index is 0.107. The summed E-state index contributed by atoms with van der Waals surface area (Å²) in [7, 11) is 0. The number of carboxylic acid groups (broad SMARTS) is 1. The minimum atomic E-state index is -1.43. The van der Waals surface area contributed by atoms with Gasteiger partial charge in [0.15, 0.2) is 0 Å². The second-order valence-electron chi connectivity index (χ2n) is 9.69. The molecule has 4 unspecified atom stereocenters. The number of nitrogens with one attached hydrogen (secondary N) is 5. The van der Waals surface area contributed by atoms with Crippen LogP contribution in [-0.4, -0.2) is 76.9 Å². The summed E-state index contributed by atoms with van der Waals surface area (Å²) in [6, 6.07) is 3.30. The number of primary amides is 1. The number of hydrogen-bond donors (Lipinski definition) is 8. The second kappa shape index (κ2) is 14.3. The summed E-state index contributed by atoms with van der Waals surface area (Å²) in [5.74, 6) is -4.04. The normalized spacial score (nSPS) is 17.2. The van der Waals surface area contributed by atoms with Gasteiger partial charge in [0, 0.05) is 23.5 Å². The zero-order chi connectivity index (χ0) is 28.4. The molecule has 0 saturated carbocycles. The van der Waals surface area contributed by atoms with E-state index in [1.165, 1.54) is 0 Å². The van der Waals surface area contributed by atoms with E-state index in [0.717, 1.165) is 22.9 Å². The van der Waals surface area contributed by atoms with Crippen molar-refractivity contribution in [2.24, 2.45) is 11.5 Å². The molecule has 13 heteroatoms. The van der Waals surface area contributed by atoms with Crippen molar-refractivity contribution in [2.75, 3.05) is 13.1 Å². The van der Waals surface area contributed by atoms with Gasteiger partial charge in [0.2, 0.25) is 23.6 Å². The van der Waals surface area contributed by atoms with E-state index in [-0.39, 0.29) is 18.7 Å². The van der Waals surface area contributed by atoms with Crippen LogP contribution in [0.15, 0.2) is 30.5 Å². The maximum absolute atomic E-state index is 13.5. The van der Waals surface area contributed by atoms with Gasteiger partial charge in [-0.2, -0.15) is 0 Å². The molecule has 1 saturated heterocycles. The number of benzene rings is 1. The van der Waals surface area contributed by atoms with Crippen molar-refractivity contribution in [1.82, 2.24) is 26.3 Å². The monoisotopic (exact) mass is 543 g/mol. The molecule has 1 aromatic heterocycles. The van der Waals surface area contributed by atoms with E-state index in [0.29, 0.717) is 32.4 Å². The molecular weight excluding hydrogens is 506 g/mol. The number of hydrogen-bond acceptors (Lipinski definition) is 7. The Balaban J connectivity index is 1.78. The van der Waals surface area contributed by atoms with Crippen molar-refractivity contribution in [3.8, 4) is 0 Å². The first-order valence-electron chi connectivity index (χ1n) is 13.1. The minimum Gasteiger partial charge on any atom is -0.480 e. The molecule has 0 bridgehead atoms. The SMILES string of the molecule is NCCCCC(NC(=O)C(CC(N)=O)NC(=O)C(Cc1c[nH]c2ccccc12)NC(=O)C1CCCN1)C(=O)O. The van der Waals surface area contributed by atoms with Crippen LogP contribution in [0.2, 0.25) is 0 Å². The Morgan fingerprint density at radius 1 is 1.00 bits per heavy atom. The molecule has 1 fully saturated rings. The van der Waals surface area contributed by atoms with E-state index in [1.54, 1.807) is 6.20 Å². The van der Waals surface area contributed by atoms with Crippen LogP contribution in [0, 0.1) is 0 Å². The molecule has 10 N–H and O–H groups in total. The molecule has 4 atom stereocenters. The van der Waals surface area contributed by atoms with Crippen molar-refractivity contribution in [3.63, 3.8) is 0 Å². The van der Waals surface area contributed by atoms with Gasteiger partial charge in [-0.1, -0.05) is 18.2 Å². The maximum Gasteiger partial charge on any atom is 0.326 e. The number of para-hydroxylation sites is 1. The summed E-state index contributed by atoms with van der Waals surface area (Å²) in [5, 5.41) is 21.1. The zero-order valence-electron chi connectivity index (χ0n) is 21.7. The van der Waals surface area contributed by atoms with Gasteiger partial charge in [0.25, 0.3) is 0 Å². The third-order valence-corrected chi connectivity index (χ3v) is 6.71. The average molecular weight is 544 g/mol. The predicted octanol–water partition coefficient (Wildman–Crippen LogP) is -0.994. The van der Waals surface area contributed by atoms with Gasteiger partial charge >= 0.3 is 5.97 Å². The Morgan fingerprint density at radius 3 is 2.38 bits per heavy atom. The Bertz CT molecular complexity index is 1180. The molecular formula is C26H37N7O6. The molecule has 1 aromatic carbocycles. The molecule has 2 aromatic rings. The molecule has 1 aliphatic heterocycles. The fourth-order valence-corrected chi connectivity index (χ4v) is 4.62. The lowest BCUT2D eigenvalue weighted by molar-refractivity contribution is -0.142. The quantitative estimate of drug-likeness (QED) is 0.130. The highest BCUT2D eigenvalue weighted by molar-refractivity contribution is 5.96. The van der Waals surface area contributed by atoms with E-state index in [2.05, 4.69) is 26.3 Å². The number of carbonyl (C=O) groups is 5. The third kappa shape index (κ3) is 8.52. The summed E-state index contributed by atoms with van der Waals surface area (Å²) < 4.78 is 0. The summed E-state index contributed by atoms with van der Waals surface area (Å²) >= 11 is 0. The highest BCUT2D eigenvalue weighted by Gasteiger charge is 2.32. The summed E-state index contributed by atoms with van der Waals surface area (Å²) in [6.45, 7) is 1.06. The zero-order valence-corrected chi connectivity index (χ0v) is 21.7. The van der Waals surface area contributed by atoms with Gasteiger partial charge in [-0.05, 0) is 56.8 Å². The highest BCUT2D eigenvalue weighted by Crippen LogP contribution is 2.19. The Kier molecular flexibility index (Phi) is 10.8. The van der Waals surface area contributed by atoms with E-state index in [9.17, 15) is 29.1 Å². The highest BCUT2D eigenvalue weighted by atomic mass is 16.4. The van der Waals surface area contributed by atoms with E-state index < -0.39 is 54.3 Å². The fraction of sp³-hybridized carbons (Fsp3) is 0.500. The largest absolute Gasteiger partial charge is 0.480 e. The van der Waals surface area contributed by atoms with Crippen LogP contribution in [0.3, 0.4) is 0 Å². The molecule has 0 aliphatic carbocycles. The van der Waals surface area contributed by atoms with Crippen molar-refractivity contribution in [3.05, 3.63) is 36.0 Å². The lowest BCUT2D eigenvalue weighted by Crippen LogP contribution is -2.58. The van der Waals surface area contributed by atoms with Gasteiger partial charge < -0.3 is 42.8 Å². The molecule has 3 rings (SSSR count). The van der Waals surface area contributed by atoms with Crippen LogP contribution in [-0.2, 0) is 30.4 Å². The fourth-order valence-electron chi connectivity index (χ4n) is 4.62. The molecule has 1 aliphatic rings. The standard InChI is InChI=1S/C26H37N7O6/c27-10-4-3-8-19(26(38)39)31-25(37)21(13-22(28)34)33-24(36)20(32-23(35)18-9-5-11-29-18)12-15-14-30-17-7-2-1-6-16(15)17/h1-2,6-7,14,18-21,29-30H,3-5,8-13,27H2,(H2,28,34)(H,31,37)(H,32,35)(H,33,36)(H,38,39). The summed E-state index contributed by atoms with van der Waals surface area (Å²) in [5.41, 5.74) is 12.4. The van der Waals surface area contributed by atoms with Gasteiger partial charge in [0.1, 0.15) is 18.1 Å². The van der Waals surface area contributed by atoms with Crippen LogP contribution in [0.25, 0.3) is 10.9 Å². The van der Waals surface area contributed by atoms with Gasteiger partial charge in [0.05, 0.1) is 12.5 Å². The lowest BCUT2D eigenvalue weighted by Gasteiger charge is -2.25. The van der Waals surface area contributed by atoms with Crippen LogP contribution >= 0.6 is 0 Å². The van der Waals surface area contributed by atoms with Crippen molar-refractivity contribution >= 4 is 40.5 Å². The van der Waals surface area contributed by atoms with Crippen molar-refractivity contribution in [2.45, 2.75) is 69.1 Å². The Labute approximate surface area is 225 Å². The van der Waals surface area contributed by atoms with Crippen LogP contribution in [0.5, 0.6) is 0 Å². The first-order chi connectivity index (χ1) is 18.7. The van der Waals surface area contributed by atoms with E-state index in [1.807, 2.05) is 24.3 Å². The molecule has 212 valence electrons. The first-order valence-corrected chi connectivity index (χ1v) is 13.1. The average Bonchev–Trinajstić information content (AvgIpc) is 3.58. The first kappa shape index (κ1) is 29.6. The number of amides is 4. The van der Waals surface area contributed by atoms with Gasteiger partial charge in [-0.3, -0.25) is 19.2 Å². The second-order valence-corrected chi connectivity index (χ2v) is 9.69. The number of carboxylic acids is 1. The number of aromatic nitrogens is 1. The van der Waals surface area contributed by atoms with Crippen LogP contribution in [0.4, 0.5) is 0 Å². The smallest absolute Gasteiger partial charge is 0.326 e. The topological polar surface area (TPSA) is 222 Å². The molecule has 0 radical (unpaired) electrons. The molecule has 2 heterocycles. The van der Waals surface area contributed by atoms with Crippen LogP contribution in [0.1, 0.15) is 44.1 Å². The van der Waals surface area contributed by atoms with Crippen molar-refractivity contribution in [1.29, 1.82) is 0 Å². The predicted molar refractivity (Wildman–Crippen MR) is 143 cm³/mol. The Morgan fingerprint density at radius 2 is 1.72 bits per heavy atom. The van der Waals surface area contributed by atoms with Crippen molar-refractivity contribution < 1.29 is 29.1 Å². The number of unbranched alkanes of at least 4 members (excludes halogenated alkanes) is 1. The third-order valence-electron chi connectivity index (χ3n) is 6.71. The molecule has 39 heavy (non-hydrogen) atoms. The van der Waals surface area contributed by atoms with E-state index in [4.69, 9.17) is 11.5 Å². The van der Waals surface area contributed by atoms with Gasteiger partial charge in [-0.15, -0.1) is 0 Å².